The van der Waals surface area contributed by atoms with Gasteiger partial charge in [-0.25, -0.2) is 8.78 Å². The van der Waals surface area contributed by atoms with Gasteiger partial charge in [-0.15, -0.1) is 0 Å². The molecule has 9 heteroatoms. The molecule has 24 heavy (non-hydrogen) atoms. The fourth-order valence-corrected chi connectivity index (χ4v) is 1.73. The van der Waals surface area contributed by atoms with Crippen LogP contribution in [-0.4, -0.2) is 18.0 Å². The molecule has 0 aliphatic carbocycles. The molecule has 2 rings (SSSR count). The van der Waals surface area contributed by atoms with Crippen LogP contribution in [0, 0.1) is 11.6 Å². The van der Waals surface area contributed by atoms with Gasteiger partial charge in [-0.1, -0.05) is 18.2 Å². The normalized spacial score (nSPS) is 11.0. The van der Waals surface area contributed by atoms with E-state index in [1.165, 1.54) is 29.6 Å². The number of halogens is 5. The summed E-state index contributed by atoms with van der Waals surface area (Å²) in [5.74, 6) is -6.03. The molecule has 4 nitrogen and oxygen atoms in total. The number of carbonyl (C=O) groups is 2. The zero-order chi connectivity index (χ0) is 17.9. The Bertz CT molecular complexity index is 775. The van der Waals surface area contributed by atoms with Crippen LogP contribution in [0.4, 0.5) is 33.3 Å². The molecular weight excluding hydrogens is 335 g/mol. The second kappa shape index (κ2) is 6.65. The van der Waals surface area contributed by atoms with Crippen LogP contribution >= 0.6 is 0 Å². The van der Waals surface area contributed by atoms with Crippen LogP contribution < -0.4 is 10.6 Å². The summed E-state index contributed by atoms with van der Waals surface area (Å²) >= 11 is 0. The van der Waals surface area contributed by atoms with E-state index >= 15 is 0 Å². The summed E-state index contributed by atoms with van der Waals surface area (Å²) in [6, 6.07) is 8.64. The first-order valence-corrected chi connectivity index (χ1v) is 6.42. The Morgan fingerprint density at radius 2 is 1.50 bits per heavy atom. The lowest BCUT2D eigenvalue weighted by Gasteiger charge is -2.13. The third kappa shape index (κ3) is 3.86. The van der Waals surface area contributed by atoms with E-state index in [0.717, 1.165) is 0 Å². The summed E-state index contributed by atoms with van der Waals surface area (Å²) in [6.07, 6.45) is -5.24. The molecule has 0 aliphatic heterocycles. The highest BCUT2D eigenvalue weighted by atomic mass is 19.4. The standard InChI is InChI=1S/C15H9F5N2O2/c16-9-6-7-10(21-14(24)15(18,19)20)11(17)12(9)22-13(23)8-4-2-1-3-5-8/h1-7H,(H,21,24)(H,22,23). The maximum Gasteiger partial charge on any atom is 0.471 e. The summed E-state index contributed by atoms with van der Waals surface area (Å²) in [7, 11) is 0. The summed E-state index contributed by atoms with van der Waals surface area (Å²) in [5.41, 5.74) is -1.80. The Hall–Kier alpha value is -2.97. The lowest BCUT2D eigenvalue weighted by Crippen LogP contribution is -2.30. The average Bonchev–Trinajstić information content (AvgIpc) is 2.53. The quantitative estimate of drug-likeness (QED) is 0.834. The van der Waals surface area contributed by atoms with E-state index in [4.69, 9.17) is 0 Å². The summed E-state index contributed by atoms with van der Waals surface area (Å²) in [6.45, 7) is 0. The first kappa shape index (κ1) is 17.4. The lowest BCUT2D eigenvalue weighted by molar-refractivity contribution is -0.167. The molecule has 0 atom stereocenters. The third-order valence-corrected chi connectivity index (χ3v) is 2.87. The number of benzene rings is 2. The van der Waals surface area contributed by atoms with Gasteiger partial charge < -0.3 is 10.6 Å². The van der Waals surface area contributed by atoms with Gasteiger partial charge in [0.1, 0.15) is 11.5 Å². The Kier molecular flexibility index (Phi) is 4.82. The van der Waals surface area contributed by atoms with Gasteiger partial charge in [-0.05, 0) is 24.3 Å². The molecule has 0 spiro atoms. The van der Waals surface area contributed by atoms with Gasteiger partial charge in [0.15, 0.2) is 5.82 Å². The monoisotopic (exact) mass is 344 g/mol. The van der Waals surface area contributed by atoms with Crippen molar-refractivity contribution in [3.05, 3.63) is 59.7 Å². The van der Waals surface area contributed by atoms with Crippen LogP contribution in [0.1, 0.15) is 10.4 Å². The van der Waals surface area contributed by atoms with Crippen molar-refractivity contribution in [2.75, 3.05) is 10.6 Å². The molecule has 0 radical (unpaired) electrons. The van der Waals surface area contributed by atoms with Crippen LogP contribution in [0.25, 0.3) is 0 Å². The van der Waals surface area contributed by atoms with Crippen molar-refractivity contribution in [2.24, 2.45) is 0 Å². The third-order valence-electron chi connectivity index (χ3n) is 2.87. The predicted molar refractivity (Wildman–Crippen MR) is 75.4 cm³/mol. The molecule has 0 saturated carbocycles. The van der Waals surface area contributed by atoms with Crippen LogP contribution in [0.15, 0.2) is 42.5 Å². The highest BCUT2D eigenvalue weighted by Crippen LogP contribution is 2.28. The van der Waals surface area contributed by atoms with Crippen molar-refractivity contribution >= 4 is 23.2 Å². The van der Waals surface area contributed by atoms with E-state index in [2.05, 4.69) is 0 Å². The summed E-state index contributed by atoms with van der Waals surface area (Å²) in [5, 5.41) is 3.20. The average molecular weight is 344 g/mol. The zero-order valence-corrected chi connectivity index (χ0v) is 11.7. The van der Waals surface area contributed by atoms with E-state index in [9.17, 15) is 31.5 Å². The number of anilines is 2. The van der Waals surface area contributed by atoms with Gasteiger partial charge in [0.05, 0.1) is 5.69 Å². The SMILES string of the molecule is O=C(Nc1c(F)ccc(NC(=O)C(F)(F)F)c1F)c1ccccc1. The van der Waals surface area contributed by atoms with Gasteiger partial charge in [0.2, 0.25) is 0 Å². The molecule has 2 N–H and O–H groups in total. The smallest absolute Gasteiger partial charge is 0.317 e. The molecule has 2 aromatic carbocycles. The highest BCUT2D eigenvalue weighted by Gasteiger charge is 2.39. The molecule has 126 valence electrons. The van der Waals surface area contributed by atoms with E-state index in [1.54, 1.807) is 6.07 Å². The number of rotatable bonds is 3. The summed E-state index contributed by atoms with van der Waals surface area (Å²) in [4.78, 5) is 22.7. The fraction of sp³-hybridized carbons (Fsp3) is 0.0667. The first-order chi connectivity index (χ1) is 11.2. The largest absolute Gasteiger partial charge is 0.471 e. The fourth-order valence-electron chi connectivity index (χ4n) is 1.73. The number of hydrogen-bond donors (Lipinski definition) is 2. The summed E-state index contributed by atoms with van der Waals surface area (Å²) < 4.78 is 64.4. The zero-order valence-electron chi connectivity index (χ0n) is 11.7. The number of nitrogens with one attached hydrogen (secondary N) is 2. The van der Waals surface area contributed by atoms with E-state index in [0.29, 0.717) is 12.1 Å². The molecular formula is C15H9F5N2O2. The first-order valence-electron chi connectivity index (χ1n) is 6.42. The molecule has 0 unspecified atom stereocenters. The lowest BCUT2D eigenvalue weighted by atomic mass is 10.2. The van der Waals surface area contributed by atoms with Crippen LogP contribution in [0.5, 0.6) is 0 Å². The molecule has 0 heterocycles. The van der Waals surface area contributed by atoms with Crippen molar-refractivity contribution in [2.45, 2.75) is 6.18 Å². The maximum atomic E-state index is 14.1. The number of amides is 2. The molecule has 0 aromatic heterocycles. The number of alkyl halides is 3. The minimum absolute atomic E-state index is 0.0843. The molecule has 0 fully saturated rings. The molecule has 0 aliphatic rings. The minimum atomic E-state index is -5.24. The van der Waals surface area contributed by atoms with Crippen LogP contribution in [0.2, 0.25) is 0 Å². The predicted octanol–water partition coefficient (Wildman–Crippen LogP) is 3.72. The van der Waals surface area contributed by atoms with Crippen molar-refractivity contribution in [1.82, 2.24) is 0 Å². The van der Waals surface area contributed by atoms with Gasteiger partial charge in [-0.3, -0.25) is 9.59 Å². The minimum Gasteiger partial charge on any atom is -0.317 e. The van der Waals surface area contributed by atoms with E-state index in [-0.39, 0.29) is 5.56 Å². The Morgan fingerprint density at radius 1 is 0.875 bits per heavy atom. The molecule has 0 bridgehead atoms. The second-order valence-electron chi connectivity index (χ2n) is 4.56. The van der Waals surface area contributed by atoms with Gasteiger partial charge in [0.25, 0.3) is 5.91 Å². The Morgan fingerprint density at radius 3 is 2.08 bits per heavy atom. The van der Waals surface area contributed by atoms with Gasteiger partial charge in [-0.2, -0.15) is 13.2 Å². The van der Waals surface area contributed by atoms with Crippen LogP contribution in [0.3, 0.4) is 0 Å². The van der Waals surface area contributed by atoms with Crippen molar-refractivity contribution < 1.29 is 31.5 Å². The maximum absolute atomic E-state index is 14.1. The van der Waals surface area contributed by atoms with E-state index in [1.807, 2.05) is 5.32 Å². The van der Waals surface area contributed by atoms with Crippen molar-refractivity contribution in [3.8, 4) is 0 Å². The Labute approximate surface area is 132 Å². The molecule has 2 amide bonds. The number of hydrogen-bond acceptors (Lipinski definition) is 2. The van der Waals surface area contributed by atoms with E-state index < -0.39 is 41.0 Å². The van der Waals surface area contributed by atoms with Crippen molar-refractivity contribution in [3.63, 3.8) is 0 Å². The number of carbonyl (C=O) groups excluding carboxylic acids is 2. The van der Waals surface area contributed by atoms with Crippen LogP contribution in [-0.2, 0) is 4.79 Å². The Balaban J connectivity index is 2.29. The second-order valence-corrected chi connectivity index (χ2v) is 4.56. The van der Waals surface area contributed by atoms with Gasteiger partial charge >= 0.3 is 12.1 Å². The highest BCUT2D eigenvalue weighted by molar-refractivity contribution is 6.05. The molecule has 0 saturated heterocycles. The topological polar surface area (TPSA) is 58.2 Å². The van der Waals surface area contributed by atoms with Crippen molar-refractivity contribution in [1.29, 1.82) is 0 Å². The molecule has 2 aromatic rings. The van der Waals surface area contributed by atoms with Gasteiger partial charge in [0, 0.05) is 5.56 Å².